The highest BCUT2D eigenvalue weighted by atomic mass is 32.1. The van der Waals surface area contributed by atoms with Gasteiger partial charge in [0.25, 0.3) is 0 Å². The summed E-state index contributed by atoms with van der Waals surface area (Å²) in [4.78, 5) is 0. The van der Waals surface area contributed by atoms with E-state index in [0.29, 0.717) is 11.0 Å². The van der Waals surface area contributed by atoms with Crippen molar-refractivity contribution >= 4 is 11.3 Å². The molecule has 21 heavy (non-hydrogen) atoms. The van der Waals surface area contributed by atoms with Crippen LogP contribution in [0, 0.1) is 17.5 Å². The van der Waals surface area contributed by atoms with Gasteiger partial charge >= 0.3 is 0 Å². The number of hydrogen-bond donors (Lipinski definition) is 1. The Kier molecular flexibility index (Phi) is 4.21. The largest absolute Gasteiger partial charge is 0.314 e. The van der Waals surface area contributed by atoms with E-state index >= 15 is 0 Å². The maximum atomic E-state index is 13.2. The Hall–Kier alpha value is -1.47. The van der Waals surface area contributed by atoms with Gasteiger partial charge in [0.05, 0.1) is 0 Å². The quantitative estimate of drug-likeness (QED) is 0.657. The zero-order valence-corrected chi connectivity index (χ0v) is 12.0. The molecule has 7 heteroatoms. The van der Waals surface area contributed by atoms with Gasteiger partial charge in [0, 0.05) is 18.0 Å². The normalized spacial score (nSPS) is 14.6. The van der Waals surface area contributed by atoms with Gasteiger partial charge in [-0.1, -0.05) is 11.3 Å². The van der Waals surface area contributed by atoms with Crippen LogP contribution in [0.2, 0.25) is 0 Å². The summed E-state index contributed by atoms with van der Waals surface area (Å²) in [6.07, 6.45) is 4.22. The SMILES string of the molecule is Fc1cc(-c2nnc(CCCNC3CC3)s2)cc(F)c1F. The van der Waals surface area contributed by atoms with Gasteiger partial charge in [-0.3, -0.25) is 0 Å². The second-order valence-corrected chi connectivity index (χ2v) is 6.15. The lowest BCUT2D eigenvalue weighted by atomic mass is 10.2. The van der Waals surface area contributed by atoms with E-state index in [-0.39, 0.29) is 5.56 Å². The highest BCUT2D eigenvalue weighted by molar-refractivity contribution is 7.14. The van der Waals surface area contributed by atoms with Gasteiger partial charge < -0.3 is 5.32 Å². The predicted molar refractivity (Wildman–Crippen MR) is 74.6 cm³/mol. The van der Waals surface area contributed by atoms with Crippen LogP contribution >= 0.6 is 11.3 Å². The van der Waals surface area contributed by atoms with E-state index in [4.69, 9.17) is 0 Å². The summed E-state index contributed by atoms with van der Waals surface area (Å²) in [6.45, 7) is 0.930. The molecule has 1 N–H and O–H groups in total. The average Bonchev–Trinajstić information content (AvgIpc) is 3.17. The molecule has 0 radical (unpaired) electrons. The smallest absolute Gasteiger partial charge is 0.194 e. The fourth-order valence-electron chi connectivity index (χ4n) is 1.98. The van der Waals surface area contributed by atoms with Crippen molar-refractivity contribution < 1.29 is 13.2 Å². The molecule has 1 aliphatic carbocycles. The van der Waals surface area contributed by atoms with Crippen molar-refractivity contribution in [3.8, 4) is 10.6 Å². The molecule has 112 valence electrons. The molecule has 0 aliphatic heterocycles. The first-order chi connectivity index (χ1) is 10.1. The maximum absolute atomic E-state index is 13.2. The fourth-order valence-corrected chi connectivity index (χ4v) is 2.85. The monoisotopic (exact) mass is 313 g/mol. The molecule has 1 heterocycles. The van der Waals surface area contributed by atoms with Crippen molar-refractivity contribution in [3.05, 3.63) is 34.6 Å². The van der Waals surface area contributed by atoms with Crippen molar-refractivity contribution in [2.24, 2.45) is 0 Å². The van der Waals surface area contributed by atoms with Gasteiger partial charge in [-0.15, -0.1) is 10.2 Å². The summed E-state index contributed by atoms with van der Waals surface area (Å²) in [5.41, 5.74) is 0.214. The highest BCUT2D eigenvalue weighted by Gasteiger charge is 2.19. The summed E-state index contributed by atoms with van der Waals surface area (Å²) in [5, 5.41) is 12.5. The number of nitrogens with zero attached hydrogens (tertiary/aromatic N) is 2. The summed E-state index contributed by atoms with van der Waals surface area (Å²) >= 11 is 1.28. The van der Waals surface area contributed by atoms with Crippen LogP contribution in [0.3, 0.4) is 0 Å². The number of halogens is 3. The van der Waals surface area contributed by atoms with Gasteiger partial charge in [0.2, 0.25) is 0 Å². The van der Waals surface area contributed by atoms with Gasteiger partial charge in [0.1, 0.15) is 10.0 Å². The Morgan fingerprint density at radius 1 is 1.14 bits per heavy atom. The molecule has 3 rings (SSSR count). The molecule has 0 atom stereocenters. The molecule has 0 bridgehead atoms. The van der Waals surface area contributed by atoms with Gasteiger partial charge in [-0.25, -0.2) is 13.2 Å². The van der Waals surface area contributed by atoms with E-state index in [1.165, 1.54) is 24.2 Å². The molecular formula is C14H14F3N3S. The van der Waals surface area contributed by atoms with E-state index in [1.807, 2.05) is 0 Å². The third-order valence-corrected chi connectivity index (χ3v) is 4.31. The number of rotatable bonds is 6. The molecule has 1 aromatic carbocycles. The summed E-state index contributed by atoms with van der Waals surface area (Å²) < 4.78 is 39.3. The molecule has 1 fully saturated rings. The van der Waals surface area contributed by atoms with E-state index < -0.39 is 17.5 Å². The second-order valence-electron chi connectivity index (χ2n) is 5.09. The lowest BCUT2D eigenvalue weighted by Gasteiger charge is -2.00. The molecule has 0 spiro atoms. The maximum Gasteiger partial charge on any atom is 0.194 e. The molecular weight excluding hydrogens is 299 g/mol. The number of hydrogen-bond acceptors (Lipinski definition) is 4. The molecule has 0 saturated heterocycles. The van der Waals surface area contributed by atoms with Gasteiger partial charge in [-0.05, 0) is 37.9 Å². The van der Waals surface area contributed by atoms with Crippen molar-refractivity contribution in [1.82, 2.24) is 15.5 Å². The lowest BCUT2D eigenvalue weighted by Crippen LogP contribution is -2.17. The summed E-state index contributed by atoms with van der Waals surface area (Å²) in [6, 6.07) is 2.56. The third kappa shape index (κ3) is 3.59. The Morgan fingerprint density at radius 2 is 1.86 bits per heavy atom. The topological polar surface area (TPSA) is 37.8 Å². The second kappa shape index (κ2) is 6.11. The first-order valence-electron chi connectivity index (χ1n) is 6.84. The van der Waals surface area contributed by atoms with E-state index in [1.54, 1.807) is 0 Å². The minimum absolute atomic E-state index is 0.214. The molecule has 0 amide bonds. The molecule has 0 unspecified atom stereocenters. The minimum Gasteiger partial charge on any atom is -0.314 e. The van der Waals surface area contributed by atoms with E-state index in [2.05, 4.69) is 15.5 Å². The lowest BCUT2D eigenvalue weighted by molar-refractivity contribution is 0.447. The predicted octanol–water partition coefficient (Wildman–Crippen LogP) is 3.31. The van der Waals surface area contributed by atoms with Gasteiger partial charge in [-0.2, -0.15) is 0 Å². The van der Waals surface area contributed by atoms with Crippen LogP contribution in [0.4, 0.5) is 13.2 Å². The fraction of sp³-hybridized carbons (Fsp3) is 0.429. The Bertz CT molecular complexity index is 617. The molecule has 1 aromatic heterocycles. The van der Waals surface area contributed by atoms with Crippen LogP contribution in [0.25, 0.3) is 10.6 Å². The number of nitrogens with one attached hydrogen (secondary N) is 1. The van der Waals surface area contributed by atoms with Crippen molar-refractivity contribution in [2.75, 3.05) is 6.54 Å². The summed E-state index contributed by atoms with van der Waals surface area (Å²) in [7, 11) is 0. The molecule has 1 saturated carbocycles. The Balaban J connectivity index is 1.63. The van der Waals surface area contributed by atoms with Crippen LogP contribution in [0.1, 0.15) is 24.3 Å². The van der Waals surface area contributed by atoms with Crippen LogP contribution in [0.15, 0.2) is 12.1 Å². The number of benzene rings is 1. The average molecular weight is 313 g/mol. The molecule has 3 nitrogen and oxygen atoms in total. The standard InChI is InChI=1S/C14H14F3N3S/c15-10-6-8(7-11(16)13(10)17)14-20-19-12(21-14)2-1-5-18-9-3-4-9/h6-7,9,18H,1-5H2. The Morgan fingerprint density at radius 3 is 2.52 bits per heavy atom. The van der Waals surface area contributed by atoms with Crippen LogP contribution < -0.4 is 5.32 Å². The first-order valence-corrected chi connectivity index (χ1v) is 7.66. The van der Waals surface area contributed by atoms with Crippen molar-refractivity contribution in [3.63, 3.8) is 0 Å². The number of aromatic nitrogens is 2. The minimum atomic E-state index is -1.46. The molecule has 2 aromatic rings. The zero-order chi connectivity index (χ0) is 14.8. The summed E-state index contributed by atoms with van der Waals surface area (Å²) in [5.74, 6) is -3.89. The third-order valence-electron chi connectivity index (χ3n) is 3.28. The van der Waals surface area contributed by atoms with Crippen LogP contribution in [0.5, 0.6) is 0 Å². The van der Waals surface area contributed by atoms with Crippen LogP contribution in [-0.2, 0) is 6.42 Å². The van der Waals surface area contributed by atoms with E-state index in [0.717, 1.165) is 36.5 Å². The van der Waals surface area contributed by atoms with Crippen LogP contribution in [-0.4, -0.2) is 22.8 Å². The van der Waals surface area contributed by atoms with Crippen molar-refractivity contribution in [2.45, 2.75) is 31.7 Å². The first kappa shape index (κ1) is 14.5. The number of aryl methyl sites for hydroxylation is 1. The zero-order valence-electron chi connectivity index (χ0n) is 11.2. The van der Waals surface area contributed by atoms with Gasteiger partial charge in [0.15, 0.2) is 17.5 Å². The highest BCUT2D eigenvalue weighted by Crippen LogP contribution is 2.27. The van der Waals surface area contributed by atoms with Crippen molar-refractivity contribution in [1.29, 1.82) is 0 Å². The Labute approximate surface area is 124 Å². The molecule has 1 aliphatic rings. The van der Waals surface area contributed by atoms with E-state index in [9.17, 15) is 13.2 Å².